The molecule has 1 N–H and O–H groups in total. The van der Waals surface area contributed by atoms with E-state index in [1.54, 1.807) is 0 Å². The van der Waals surface area contributed by atoms with Gasteiger partial charge in [-0.2, -0.15) is 0 Å². The first kappa shape index (κ1) is 39.6. The quantitative estimate of drug-likeness (QED) is 0.139. The molecule has 0 bridgehead atoms. The van der Waals surface area contributed by atoms with E-state index >= 15 is 0 Å². The second-order valence-electron chi connectivity index (χ2n) is 18.8. The monoisotopic (exact) mass is 778 g/mol. The predicted molar refractivity (Wildman–Crippen MR) is 231 cm³/mol. The van der Waals surface area contributed by atoms with E-state index in [4.69, 9.17) is 14.5 Å². The van der Waals surface area contributed by atoms with Gasteiger partial charge in [-0.05, 0) is 156 Å². The van der Waals surface area contributed by atoms with Gasteiger partial charge in [-0.3, -0.25) is 9.97 Å². The highest BCUT2D eigenvalue weighted by Crippen LogP contribution is 2.41. The Morgan fingerprint density at radius 3 is 1.76 bits per heavy atom. The van der Waals surface area contributed by atoms with Gasteiger partial charge in [0.1, 0.15) is 11.2 Å². The average molecular weight is 779 g/mol. The van der Waals surface area contributed by atoms with Gasteiger partial charge in [-0.15, -0.1) is 0 Å². The number of fused-ring (bicyclic) bond motifs is 2. The minimum absolute atomic E-state index is 0.270. The molecule has 0 aliphatic heterocycles. The fraction of sp³-hybridized carbons (Fsp3) is 0.440. The molecule has 0 amide bonds. The van der Waals surface area contributed by atoms with Crippen molar-refractivity contribution in [2.24, 2.45) is 5.92 Å². The van der Waals surface area contributed by atoms with Gasteiger partial charge in [-0.25, -0.2) is 9.59 Å². The van der Waals surface area contributed by atoms with E-state index in [1.807, 2.05) is 78.3 Å². The average Bonchev–Trinajstić information content (AvgIpc) is 4.06. The highest BCUT2D eigenvalue weighted by molar-refractivity contribution is 5.93. The SMILES string of the molecule is CC(C)(C)OC(=O)c1cc(C2CC2)cnc1Cc1cccc2[nH]ccc12.CC(C)(C)OC(=O)c1cc(C2CC2)cnc1Cc1cccc2c1ccn2CC1CCCC1. The maximum absolute atomic E-state index is 13.1. The number of nitrogens with one attached hydrogen (secondary N) is 1. The van der Waals surface area contributed by atoms with Gasteiger partial charge in [-0.1, -0.05) is 37.1 Å². The summed E-state index contributed by atoms with van der Waals surface area (Å²) in [7, 11) is 0. The van der Waals surface area contributed by atoms with E-state index in [0.717, 1.165) is 51.4 Å². The number of esters is 2. The van der Waals surface area contributed by atoms with Crippen LogP contribution < -0.4 is 0 Å². The predicted octanol–water partition coefficient (Wildman–Crippen LogP) is 11.6. The molecule has 8 nitrogen and oxygen atoms in total. The molecule has 0 spiro atoms. The van der Waals surface area contributed by atoms with Crippen LogP contribution >= 0.6 is 0 Å². The molecule has 58 heavy (non-hydrogen) atoms. The molecule has 4 heterocycles. The Bertz CT molecular complexity index is 2430. The molecule has 8 heteroatoms. The Labute approximate surface area is 342 Å². The second-order valence-corrected chi connectivity index (χ2v) is 18.8. The highest BCUT2D eigenvalue weighted by Gasteiger charge is 2.29. The molecule has 3 fully saturated rings. The number of hydrogen-bond donors (Lipinski definition) is 1. The van der Waals surface area contributed by atoms with E-state index in [9.17, 15) is 9.59 Å². The minimum atomic E-state index is -0.526. The summed E-state index contributed by atoms with van der Waals surface area (Å²) in [6.07, 6.45) is 19.4. The Morgan fingerprint density at radius 1 is 0.690 bits per heavy atom. The zero-order valence-corrected chi connectivity index (χ0v) is 35.1. The number of nitrogens with zero attached hydrogens (tertiary/aromatic N) is 3. The van der Waals surface area contributed by atoms with E-state index in [-0.39, 0.29) is 11.9 Å². The largest absolute Gasteiger partial charge is 0.456 e. The lowest BCUT2D eigenvalue weighted by Crippen LogP contribution is -2.25. The maximum Gasteiger partial charge on any atom is 0.340 e. The van der Waals surface area contributed by atoms with Crippen molar-refractivity contribution in [3.05, 3.63) is 130 Å². The van der Waals surface area contributed by atoms with Crippen molar-refractivity contribution in [1.82, 2.24) is 19.5 Å². The summed E-state index contributed by atoms with van der Waals surface area (Å²) in [4.78, 5) is 38.5. The van der Waals surface area contributed by atoms with Crippen molar-refractivity contribution in [3.63, 3.8) is 0 Å². The number of rotatable bonds is 10. The topological polar surface area (TPSA) is 99.1 Å². The first-order valence-electron chi connectivity index (χ1n) is 21.3. The minimum Gasteiger partial charge on any atom is -0.456 e. The summed E-state index contributed by atoms with van der Waals surface area (Å²) in [5, 5.41) is 2.42. The summed E-state index contributed by atoms with van der Waals surface area (Å²) >= 11 is 0. The van der Waals surface area contributed by atoms with Crippen molar-refractivity contribution < 1.29 is 19.1 Å². The third kappa shape index (κ3) is 9.54. The van der Waals surface area contributed by atoms with Gasteiger partial charge in [0.25, 0.3) is 0 Å². The molecule has 0 radical (unpaired) electrons. The van der Waals surface area contributed by atoms with Gasteiger partial charge >= 0.3 is 11.9 Å². The maximum atomic E-state index is 13.1. The van der Waals surface area contributed by atoms with Crippen LogP contribution in [-0.4, -0.2) is 42.7 Å². The number of hydrogen-bond acceptors (Lipinski definition) is 6. The first-order valence-corrected chi connectivity index (χ1v) is 21.3. The number of pyridine rings is 2. The van der Waals surface area contributed by atoms with Crippen molar-refractivity contribution >= 4 is 33.7 Å². The van der Waals surface area contributed by atoms with E-state index < -0.39 is 11.2 Å². The lowest BCUT2D eigenvalue weighted by Gasteiger charge is -2.21. The molecule has 302 valence electrons. The van der Waals surface area contributed by atoms with Gasteiger partial charge in [0.15, 0.2) is 0 Å². The molecular weight excluding hydrogens is 721 g/mol. The van der Waals surface area contributed by atoms with Crippen LogP contribution in [0.3, 0.4) is 0 Å². The van der Waals surface area contributed by atoms with Crippen LogP contribution in [0.15, 0.2) is 85.5 Å². The van der Waals surface area contributed by atoms with Crippen molar-refractivity contribution in [1.29, 1.82) is 0 Å². The van der Waals surface area contributed by atoms with Crippen molar-refractivity contribution in [2.75, 3.05) is 0 Å². The number of carbonyl (C=O) groups is 2. The van der Waals surface area contributed by atoms with Crippen LogP contribution in [0, 0.1) is 5.92 Å². The number of aromatic amines is 1. The number of aromatic nitrogens is 4. The fourth-order valence-corrected chi connectivity index (χ4v) is 8.34. The lowest BCUT2D eigenvalue weighted by molar-refractivity contribution is 0.00551. The van der Waals surface area contributed by atoms with E-state index in [2.05, 4.69) is 63.2 Å². The van der Waals surface area contributed by atoms with Gasteiger partial charge in [0.2, 0.25) is 0 Å². The van der Waals surface area contributed by atoms with Crippen LogP contribution in [-0.2, 0) is 28.9 Å². The summed E-state index contributed by atoms with van der Waals surface area (Å²) in [5.41, 5.74) is 8.79. The standard InChI is InChI=1S/C28H34N2O2.C22H24N2O2/c1-28(2,3)32-27(31)24-15-22(20-11-12-20)17-29-25(24)16-21-9-6-10-26-23(21)13-14-30(26)18-19-7-4-5-8-19;1-22(2,3)26-21(25)18-11-16(14-7-8-14)13-24-20(18)12-15-5-4-6-19-17(15)9-10-23-19/h6,9-10,13-15,17,19-20H,4-5,7-8,11-12,16,18H2,1-3H3;4-6,9-11,13-14,23H,7-8,12H2,1-3H3. The lowest BCUT2D eigenvalue weighted by atomic mass is 10.00. The summed E-state index contributed by atoms with van der Waals surface area (Å²) < 4.78 is 13.8. The molecule has 6 aromatic rings. The molecule has 4 aromatic heterocycles. The molecule has 3 aliphatic carbocycles. The van der Waals surface area contributed by atoms with Crippen LogP contribution in [0.4, 0.5) is 0 Å². The molecule has 3 saturated carbocycles. The number of H-pyrrole nitrogens is 1. The van der Waals surface area contributed by atoms with Crippen LogP contribution in [0.1, 0.15) is 159 Å². The fourth-order valence-electron chi connectivity index (χ4n) is 8.34. The molecule has 0 saturated heterocycles. The molecule has 0 unspecified atom stereocenters. The Kier molecular flexibility index (Phi) is 11.0. The normalized spacial score (nSPS) is 16.0. The summed E-state index contributed by atoms with van der Waals surface area (Å²) in [6.45, 7) is 12.5. The Balaban J connectivity index is 0.000000165. The van der Waals surface area contributed by atoms with Crippen molar-refractivity contribution in [3.8, 4) is 0 Å². The van der Waals surface area contributed by atoms with E-state index in [0.29, 0.717) is 35.8 Å². The summed E-state index contributed by atoms with van der Waals surface area (Å²) in [6, 6.07) is 21.0. The van der Waals surface area contributed by atoms with Gasteiger partial charge in [0.05, 0.1) is 22.5 Å². The molecule has 0 atom stereocenters. The smallest absolute Gasteiger partial charge is 0.340 e. The van der Waals surface area contributed by atoms with E-state index in [1.165, 1.54) is 67.8 Å². The molecule has 3 aliphatic rings. The molecule has 2 aromatic carbocycles. The molecule has 9 rings (SSSR count). The Hall–Kier alpha value is -5.24. The van der Waals surface area contributed by atoms with Crippen LogP contribution in [0.25, 0.3) is 21.8 Å². The Morgan fingerprint density at radius 2 is 1.22 bits per heavy atom. The van der Waals surface area contributed by atoms with Gasteiger partial charge < -0.3 is 19.0 Å². The zero-order valence-electron chi connectivity index (χ0n) is 35.1. The number of benzene rings is 2. The second kappa shape index (κ2) is 16.2. The van der Waals surface area contributed by atoms with Crippen LogP contribution in [0.2, 0.25) is 0 Å². The summed E-state index contributed by atoms with van der Waals surface area (Å²) in [5.74, 6) is 1.33. The third-order valence-corrected chi connectivity index (χ3v) is 11.6. The molecular formula is C50H58N4O4. The van der Waals surface area contributed by atoms with Gasteiger partial charge in [0, 0.05) is 66.0 Å². The number of carbonyl (C=O) groups excluding carboxylic acids is 2. The zero-order chi connectivity index (χ0) is 40.6. The first-order chi connectivity index (χ1) is 27.8. The number of ether oxygens (including phenoxy) is 2. The van der Waals surface area contributed by atoms with Crippen molar-refractivity contribution in [2.45, 2.75) is 135 Å². The highest BCUT2D eigenvalue weighted by atomic mass is 16.6. The third-order valence-electron chi connectivity index (χ3n) is 11.6. The van der Waals surface area contributed by atoms with Crippen LogP contribution in [0.5, 0.6) is 0 Å².